The minimum absolute atomic E-state index is 0.0495. The number of carbonyl (C=O) groups is 1. The third-order valence-corrected chi connectivity index (χ3v) is 5.93. The monoisotopic (exact) mass is 398 g/mol. The summed E-state index contributed by atoms with van der Waals surface area (Å²) in [7, 11) is 0. The molecule has 0 aromatic carbocycles. The maximum Gasteiger partial charge on any atom is 0.267 e. The third-order valence-electron chi connectivity index (χ3n) is 5.17. The number of rotatable bonds is 5. The summed E-state index contributed by atoms with van der Waals surface area (Å²) in [5, 5.41) is 8.06. The van der Waals surface area contributed by atoms with Gasteiger partial charge in [0.25, 0.3) is 5.91 Å². The fourth-order valence-corrected chi connectivity index (χ4v) is 4.44. The van der Waals surface area contributed by atoms with E-state index in [-0.39, 0.29) is 5.91 Å². The van der Waals surface area contributed by atoms with Gasteiger partial charge in [0.2, 0.25) is 0 Å². The molecule has 0 bridgehead atoms. The molecular formula is C19H22N6O2S. The number of amides is 1. The van der Waals surface area contributed by atoms with Crippen LogP contribution in [0.4, 0.5) is 0 Å². The van der Waals surface area contributed by atoms with Crippen molar-refractivity contribution in [3.8, 4) is 11.3 Å². The van der Waals surface area contributed by atoms with Crippen LogP contribution in [0.3, 0.4) is 0 Å². The van der Waals surface area contributed by atoms with Crippen molar-refractivity contribution in [2.45, 2.75) is 40.0 Å². The summed E-state index contributed by atoms with van der Waals surface area (Å²) in [6.07, 6.45) is 4.08. The van der Waals surface area contributed by atoms with Gasteiger partial charge in [0.05, 0.1) is 22.6 Å². The van der Waals surface area contributed by atoms with Gasteiger partial charge in [0.15, 0.2) is 0 Å². The topological polar surface area (TPSA) is 97.9 Å². The Kier molecular flexibility index (Phi) is 5.17. The molecule has 1 fully saturated rings. The average Bonchev–Trinajstić information content (AvgIpc) is 3.42. The molecule has 1 aliphatic rings. The van der Waals surface area contributed by atoms with Crippen molar-refractivity contribution in [2.24, 2.45) is 5.92 Å². The van der Waals surface area contributed by atoms with Crippen molar-refractivity contribution in [2.75, 3.05) is 13.1 Å². The highest BCUT2D eigenvalue weighted by Gasteiger charge is 2.30. The smallest absolute Gasteiger partial charge is 0.267 e. The highest BCUT2D eigenvalue weighted by atomic mass is 32.1. The SMILES string of the molecule is CCc1nnsc1C(=O)N1CCC(Cc2cc(-c3c(C)noc3C)ncn2)C1. The highest BCUT2D eigenvalue weighted by Crippen LogP contribution is 2.27. The van der Waals surface area contributed by atoms with E-state index < -0.39 is 0 Å². The third kappa shape index (κ3) is 3.54. The number of nitrogens with zero attached hydrogens (tertiary/aromatic N) is 6. The van der Waals surface area contributed by atoms with Crippen molar-refractivity contribution in [1.29, 1.82) is 0 Å². The first-order chi connectivity index (χ1) is 13.6. The van der Waals surface area contributed by atoms with E-state index in [0.29, 0.717) is 10.8 Å². The van der Waals surface area contributed by atoms with Gasteiger partial charge in [-0.05, 0) is 56.6 Å². The van der Waals surface area contributed by atoms with Crippen LogP contribution in [0.5, 0.6) is 0 Å². The minimum Gasteiger partial charge on any atom is -0.361 e. The van der Waals surface area contributed by atoms with E-state index >= 15 is 0 Å². The summed E-state index contributed by atoms with van der Waals surface area (Å²) in [6, 6.07) is 2.00. The quantitative estimate of drug-likeness (QED) is 0.652. The molecule has 0 spiro atoms. The molecule has 4 heterocycles. The van der Waals surface area contributed by atoms with E-state index in [1.54, 1.807) is 6.33 Å². The number of hydrogen-bond donors (Lipinski definition) is 0. The summed E-state index contributed by atoms with van der Waals surface area (Å²) in [6.45, 7) is 7.27. The highest BCUT2D eigenvalue weighted by molar-refractivity contribution is 7.08. The number of hydrogen-bond acceptors (Lipinski definition) is 8. The molecule has 8 nitrogen and oxygen atoms in total. The Balaban J connectivity index is 1.45. The average molecular weight is 398 g/mol. The molecule has 9 heteroatoms. The molecule has 3 aromatic rings. The van der Waals surface area contributed by atoms with Gasteiger partial charge in [-0.25, -0.2) is 9.97 Å². The Bertz CT molecular complexity index is 978. The number of aryl methyl sites for hydroxylation is 3. The molecule has 1 saturated heterocycles. The number of likely N-dealkylation sites (tertiary alicyclic amines) is 1. The lowest BCUT2D eigenvalue weighted by atomic mass is 10.0. The summed E-state index contributed by atoms with van der Waals surface area (Å²) in [5.74, 6) is 1.18. The van der Waals surface area contributed by atoms with Crippen LogP contribution in [0.25, 0.3) is 11.3 Å². The van der Waals surface area contributed by atoms with Gasteiger partial charge in [-0.15, -0.1) is 5.10 Å². The molecule has 28 heavy (non-hydrogen) atoms. The van der Waals surface area contributed by atoms with E-state index in [1.165, 1.54) is 11.5 Å². The summed E-state index contributed by atoms with van der Waals surface area (Å²) in [4.78, 5) is 24.2. The Morgan fingerprint density at radius 1 is 1.36 bits per heavy atom. The summed E-state index contributed by atoms with van der Waals surface area (Å²) < 4.78 is 9.19. The second-order valence-electron chi connectivity index (χ2n) is 7.11. The maximum atomic E-state index is 12.8. The Labute approximate surface area is 167 Å². The Morgan fingerprint density at radius 3 is 2.96 bits per heavy atom. The fourth-order valence-electron chi connectivity index (χ4n) is 3.72. The largest absolute Gasteiger partial charge is 0.361 e. The van der Waals surface area contributed by atoms with E-state index in [0.717, 1.165) is 66.5 Å². The van der Waals surface area contributed by atoms with E-state index in [2.05, 4.69) is 24.7 Å². The summed E-state index contributed by atoms with van der Waals surface area (Å²) >= 11 is 1.19. The van der Waals surface area contributed by atoms with Crippen LogP contribution in [0.15, 0.2) is 16.9 Å². The molecule has 0 saturated carbocycles. The lowest BCUT2D eigenvalue weighted by molar-refractivity contribution is 0.0790. The molecule has 3 aromatic heterocycles. The molecule has 0 radical (unpaired) electrons. The van der Waals surface area contributed by atoms with Gasteiger partial charge < -0.3 is 9.42 Å². The van der Waals surface area contributed by atoms with Crippen LogP contribution in [0.2, 0.25) is 0 Å². The molecule has 1 unspecified atom stereocenters. The summed E-state index contributed by atoms with van der Waals surface area (Å²) in [5.41, 5.74) is 4.34. The van der Waals surface area contributed by atoms with Crippen LogP contribution < -0.4 is 0 Å². The van der Waals surface area contributed by atoms with Crippen LogP contribution in [-0.2, 0) is 12.8 Å². The zero-order valence-electron chi connectivity index (χ0n) is 16.2. The zero-order valence-corrected chi connectivity index (χ0v) is 17.0. The van der Waals surface area contributed by atoms with E-state index in [1.807, 2.05) is 31.7 Å². The van der Waals surface area contributed by atoms with E-state index in [4.69, 9.17) is 4.52 Å². The number of carbonyl (C=O) groups excluding carboxylic acids is 1. The first kappa shape index (κ1) is 18.7. The van der Waals surface area contributed by atoms with Gasteiger partial charge in [0, 0.05) is 18.8 Å². The first-order valence-electron chi connectivity index (χ1n) is 9.41. The minimum atomic E-state index is 0.0495. The first-order valence-corrected chi connectivity index (χ1v) is 10.2. The Hall–Kier alpha value is -2.68. The van der Waals surface area contributed by atoms with Crippen molar-refractivity contribution in [1.82, 2.24) is 29.6 Å². The van der Waals surface area contributed by atoms with Crippen LogP contribution in [0, 0.1) is 19.8 Å². The second kappa shape index (κ2) is 7.75. The second-order valence-corrected chi connectivity index (χ2v) is 7.86. The van der Waals surface area contributed by atoms with Crippen LogP contribution >= 0.6 is 11.5 Å². The van der Waals surface area contributed by atoms with Gasteiger partial charge in [-0.1, -0.05) is 16.6 Å². The zero-order chi connectivity index (χ0) is 19.7. The van der Waals surface area contributed by atoms with Crippen molar-refractivity contribution < 1.29 is 9.32 Å². The molecular weight excluding hydrogens is 376 g/mol. The van der Waals surface area contributed by atoms with Crippen molar-refractivity contribution >= 4 is 17.4 Å². The maximum absolute atomic E-state index is 12.8. The molecule has 1 aliphatic heterocycles. The standard InChI is InChI=1S/C19H22N6O2S/c1-4-15-18(28-24-22-15)19(26)25-6-5-13(9-25)7-14-8-16(21-10-20-14)17-11(2)23-27-12(17)3/h8,10,13H,4-7,9H2,1-3H3. The predicted octanol–water partition coefficient (Wildman–Crippen LogP) is 2.87. The van der Waals surface area contributed by atoms with Gasteiger partial charge in [0.1, 0.15) is 17.0 Å². The van der Waals surface area contributed by atoms with Crippen LogP contribution in [-0.4, -0.2) is 48.6 Å². The van der Waals surface area contributed by atoms with Gasteiger partial charge in [-0.2, -0.15) is 0 Å². The molecule has 1 amide bonds. The van der Waals surface area contributed by atoms with Crippen LogP contribution in [0.1, 0.15) is 45.9 Å². The Morgan fingerprint density at radius 2 is 2.21 bits per heavy atom. The van der Waals surface area contributed by atoms with Gasteiger partial charge >= 0.3 is 0 Å². The van der Waals surface area contributed by atoms with E-state index in [9.17, 15) is 4.79 Å². The normalized spacial score (nSPS) is 16.7. The molecule has 1 atom stereocenters. The van der Waals surface area contributed by atoms with Crippen molar-refractivity contribution in [3.05, 3.63) is 40.1 Å². The lowest BCUT2D eigenvalue weighted by Gasteiger charge is -2.15. The van der Waals surface area contributed by atoms with Gasteiger partial charge in [-0.3, -0.25) is 4.79 Å². The number of aromatic nitrogens is 5. The molecule has 0 aliphatic carbocycles. The lowest BCUT2D eigenvalue weighted by Crippen LogP contribution is -2.29. The predicted molar refractivity (Wildman–Crippen MR) is 104 cm³/mol. The fraction of sp³-hybridized carbons (Fsp3) is 0.474. The molecule has 4 rings (SSSR count). The van der Waals surface area contributed by atoms with Crippen molar-refractivity contribution in [3.63, 3.8) is 0 Å². The molecule has 0 N–H and O–H groups in total. The molecule has 146 valence electrons.